The fourth-order valence-corrected chi connectivity index (χ4v) is 4.99. The normalized spacial score (nSPS) is 11.6. The number of fused-ring (bicyclic) bond motifs is 1. The van der Waals surface area contributed by atoms with Crippen LogP contribution in [0, 0.1) is 0 Å². The topological polar surface area (TPSA) is 92.8 Å². The Bertz CT molecular complexity index is 1870. The summed E-state index contributed by atoms with van der Waals surface area (Å²) in [7, 11) is 1.51. The molecule has 0 atom stereocenters. The quantitative estimate of drug-likeness (QED) is 0.0790. The maximum atomic E-state index is 13.8. The predicted molar refractivity (Wildman–Crippen MR) is 161 cm³/mol. The number of methoxy groups -OCH3 is 1. The number of alkyl halides is 3. The molecule has 1 aromatic heterocycles. The summed E-state index contributed by atoms with van der Waals surface area (Å²) in [4.78, 5) is 28.7. The lowest BCUT2D eigenvalue weighted by Crippen LogP contribution is -2.19. The van der Waals surface area contributed by atoms with Gasteiger partial charge in [-0.3, -0.25) is 4.79 Å². The SMILES string of the molecule is COc1ccc(C(=O)Oc2ccc(Br)cc2C=NNC(=O)c2[nH]c3c(C(F)(F)F)cccc3c2-c2ccccc2Cl)cc1. The standard InChI is InChI=1S/C31H20BrClF3N3O4/c1-42-20-12-9-17(10-13-20)30(41)43-25-14-11-19(32)15-18(25)16-37-39-29(40)28-26(21-5-2-3-8-24(21)33)22-6-4-7-23(27(22)38-28)31(34,35)36/h2-16,38H,1H3,(H,39,40). The summed E-state index contributed by atoms with van der Waals surface area (Å²) >= 11 is 9.74. The monoisotopic (exact) mass is 669 g/mol. The van der Waals surface area contributed by atoms with E-state index in [1.165, 1.54) is 25.5 Å². The van der Waals surface area contributed by atoms with Gasteiger partial charge in [0, 0.05) is 31.6 Å². The summed E-state index contributed by atoms with van der Waals surface area (Å²) in [5, 5.41) is 4.40. The molecule has 218 valence electrons. The molecule has 0 aliphatic carbocycles. The molecule has 0 spiro atoms. The Balaban J connectivity index is 1.46. The van der Waals surface area contributed by atoms with Crippen LogP contribution in [0.3, 0.4) is 0 Å². The third kappa shape index (κ3) is 6.42. The largest absolute Gasteiger partial charge is 0.497 e. The minimum Gasteiger partial charge on any atom is -0.497 e. The van der Waals surface area contributed by atoms with E-state index in [0.29, 0.717) is 21.3 Å². The van der Waals surface area contributed by atoms with Gasteiger partial charge in [-0.05, 0) is 54.6 Å². The van der Waals surface area contributed by atoms with Gasteiger partial charge in [-0.15, -0.1) is 0 Å². The third-order valence-electron chi connectivity index (χ3n) is 6.38. The van der Waals surface area contributed by atoms with E-state index in [1.54, 1.807) is 66.7 Å². The van der Waals surface area contributed by atoms with Gasteiger partial charge in [0.25, 0.3) is 5.91 Å². The van der Waals surface area contributed by atoms with E-state index in [-0.39, 0.29) is 38.5 Å². The summed E-state index contributed by atoms with van der Waals surface area (Å²) in [5.74, 6) is -0.723. The number of aromatic nitrogens is 1. The van der Waals surface area contributed by atoms with Crippen molar-refractivity contribution in [3.63, 3.8) is 0 Å². The first kappa shape index (κ1) is 29.9. The number of rotatable bonds is 7. The van der Waals surface area contributed by atoms with Gasteiger partial charge in [0.15, 0.2) is 0 Å². The second-order valence-corrected chi connectivity index (χ2v) is 10.4. The zero-order valence-electron chi connectivity index (χ0n) is 22.1. The van der Waals surface area contributed by atoms with E-state index in [0.717, 1.165) is 6.07 Å². The second-order valence-electron chi connectivity index (χ2n) is 9.08. The number of carbonyl (C=O) groups excluding carboxylic acids is 2. The van der Waals surface area contributed by atoms with Crippen molar-refractivity contribution in [2.24, 2.45) is 5.10 Å². The average Bonchev–Trinajstić information content (AvgIpc) is 3.38. The minimum atomic E-state index is -4.67. The van der Waals surface area contributed by atoms with Crippen molar-refractivity contribution in [2.75, 3.05) is 7.11 Å². The van der Waals surface area contributed by atoms with Gasteiger partial charge in [0.2, 0.25) is 0 Å². The van der Waals surface area contributed by atoms with Crippen LogP contribution in [-0.2, 0) is 6.18 Å². The molecule has 5 rings (SSSR count). The number of hydrogen-bond donors (Lipinski definition) is 2. The fraction of sp³-hybridized carbons (Fsp3) is 0.0645. The van der Waals surface area contributed by atoms with Crippen LogP contribution in [-0.4, -0.2) is 30.2 Å². The molecule has 4 aromatic carbocycles. The first-order valence-electron chi connectivity index (χ1n) is 12.5. The molecule has 1 amide bonds. The van der Waals surface area contributed by atoms with Crippen LogP contribution in [0.15, 0.2) is 94.5 Å². The van der Waals surface area contributed by atoms with E-state index in [2.05, 4.69) is 31.4 Å². The Morgan fingerprint density at radius 1 is 1.00 bits per heavy atom. The van der Waals surface area contributed by atoms with E-state index >= 15 is 0 Å². The van der Waals surface area contributed by atoms with Crippen molar-refractivity contribution in [3.8, 4) is 22.6 Å². The summed E-state index contributed by atoms with van der Waals surface area (Å²) in [6, 6.07) is 21.3. The van der Waals surface area contributed by atoms with Crippen molar-refractivity contribution in [3.05, 3.63) is 117 Å². The Kier molecular flexibility index (Phi) is 8.56. The maximum Gasteiger partial charge on any atom is 0.418 e. The number of nitrogens with one attached hydrogen (secondary N) is 2. The minimum absolute atomic E-state index is 0.152. The zero-order valence-corrected chi connectivity index (χ0v) is 24.5. The lowest BCUT2D eigenvalue weighted by Gasteiger charge is -2.09. The number of H-pyrrole nitrogens is 1. The van der Waals surface area contributed by atoms with Crippen molar-refractivity contribution in [2.45, 2.75) is 6.18 Å². The zero-order chi connectivity index (χ0) is 30.7. The summed E-state index contributed by atoms with van der Waals surface area (Å²) < 4.78 is 52.7. The number of ether oxygens (including phenoxy) is 2. The number of nitrogens with zero attached hydrogens (tertiary/aromatic N) is 1. The van der Waals surface area contributed by atoms with E-state index < -0.39 is 23.6 Å². The number of aromatic amines is 1. The number of halogens is 5. The van der Waals surface area contributed by atoms with Crippen LogP contribution in [0.1, 0.15) is 32.0 Å². The van der Waals surface area contributed by atoms with Crippen molar-refractivity contribution in [1.82, 2.24) is 10.4 Å². The van der Waals surface area contributed by atoms with Gasteiger partial charge in [-0.25, -0.2) is 10.2 Å². The molecule has 1 heterocycles. The molecule has 0 unspecified atom stereocenters. The van der Waals surface area contributed by atoms with Gasteiger partial charge in [0.05, 0.1) is 30.0 Å². The Hall–Kier alpha value is -4.61. The molecule has 5 aromatic rings. The van der Waals surface area contributed by atoms with E-state index in [1.807, 2.05) is 0 Å². The summed E-state index contributed by atoms with van der Waals surface area (Å²) in [6.07, 6.45) is -3.42. The highest BCUT2D eigenvalue weighted by Gasteiger charge is 2.35. The molecule has 0 aliphatic heterocycles. The molecule has 43 heavy (non-hydrogen) atoms. The number of hydrazone groups is 1. The Morgan fingerprint density at radius 2 is 1.74 bits per heavy atom. The highest BCUT2D eigenvalue weighted by molar-refractivity contribution is 9.10. The number of para-hydroxylation sites is 1. The summed E-state index contributed by atoms with van der Waals surface area (Å²) in [6.45, 7) is 0. The van der Waals surface area contributed by atoms with Crippen molar-refractivity contribution >= 4 is 56.5 Å². The van der Waals surface area contributed by atoms with Gasteiger partial charge in [-0.1, -0.05) is 57.9 Å². The van der Waals surface area contributed by atoms with E-state index in [4.69, 9.17) is 21.1 Å². The molecular formula is C31H20BrClF3N3O4. The number of amides is 1. The van der Waals surface area contributed by atoms with Crippen LogP contribution in [0.4, 0.5) is 13.2 Å². The highest BCUT2D eigenvalue weighted by Crippen LogP contribution is 2.41. The van der Waals surface area contributed by atoms with E-state index in [9.17, 15) is 22.8 Å². The number of benzene rings is 4. The fourth-order valence-electron chi connectivity index (χ4n) is 4.38. The van der Waals surface area contributed by atoms with Gasteiger partial charge >= 0.3 is 12.1 Å². The van der Waals surface area contributed by atoms with Gasteiger partial charge in [0.1, 0.15) is 17.2 Å². The smallest absolute Gasteiger partial charge is 0.418 e. The van der Waals surface area contributed by atoms with Crippen LogP contribution >= 0.6 is 27.5 Å². The lowest BCUT2D eigenvalue weighted by atomic mass is 10.00. The molecule has 0 aliphatic rings. The van der Waals surface area contributed by atoms with Crippen LogP contribution in [0.2, 0.25) is 5.02 Å². The van der Waals surface area contributed by atoms with Gasteiger partial charge in [-0.2, -0.15) is 18.3 Å². The molecular weight excluding hydrogens is 651 g/mol. The lowest BCUT2D eigenvalue weighted by molar-refractivity contribution is -0.136. The highest BCUT2D eigenvalue weighted by atomic mass is 79.9. The molecule has 7 nitrogen and oxygen atoms in total. The first-order chi connectivity index (χ1) is 20.6. The molecule has 12 heteroatoms. The summed E-state index contributed by atoms with van der Waals surface area (Å²) in [5.41, 5.74) is 2.15. The van der Waals surface area contributed by atoms with Gasteiger partial charge < -0.3 is 14.5 Å². The van der Waals surface area contributed by atoms with Crippen LogP contribution in [0.25, 0.3) is 22.0 Å². The molecule has 0 bridgehead atoms. The first-order valence-corrected chi connectivity index (χ1v) is 13.7. The van der Waals surface area contributed by atoms with Crippen LogP contribution < -0.4 is 14.9 Å². The van der Waals surface area contributed by atoms with Crippen molar-refractivity contribution in [1.29, 1.82) is 0 Å². The Morgan fingerprint density at radius 3 is 2.44 bits per heavy atom. The molecule has 0 saturated heterocycles. The predicted octanol–water partition coefficient (Wildman–Crippen LogP) is 8.26. The average molecular weight is 671 g/mol. The number of carbonyl (C=O) groups is 2. The van der Waals surface area contributed by atoms with Crippen molar-refractivity contribution < 1.29 is 32.2 Å². The maximum absolute atomic E-state index is 13.8. The number of esters is 1. The molecule has 0 fully saturated rings. The number of hydrogen-bond acceptors (Lipinski definition) is 5. The third-order valence-corrected chi connectivity index (χ3v) is 7.20. The van der Waals surface area contributed by atoms with Crippen LogP contribution in [0.5, 0.6) is 11.5 Å². The second kappa shape index (κ2) is 12.3. The molecule has 2 N–H and O–H groups in total. The molecule has 0 saturated carbocycles. The molecule has 0 radical (unpaired) electrons. The Labute approximate surface area is 256 Å².